The molecule has 0 atom stereocenters. The summed E-state index contributed by atoms with van der Waals surface area (Å²) in [5.41, 5.74) is 0.274. The van der Waals surface area contributed by atoms with Gasteiger partial charge >= 0.3 is 0 Å². The van der Waals surface area contributed by atoms with Crippen LogP contribution in [-0.2, 0) is 6.54 Å². The van der Waals surface area contributed by atoms with E-state index < -0.39 is 17.5 Å². The molecule has 0 aliphatic heterocycles. The molecule has 20 heavy (non-hydrogen) atoms. The van der Waals surface area contributed by atoms with Gasteiger partial charge in [-0.25, -0.2) is 8.78 Å². The zero-order chi connectivity index (χ0) is 14.7. The van der Waals surface area contributed by atoms with E-state index >= 15 is 0 Å². The highest BCUT2D eigenvalue weighted by molar-refractivity contribution is 6.35. The number of hydrogen-bond donors (Lipinski definition) is 1. The van der Waals surface area contributed by atoms with Gasteiger partial charge < -0.3 is 5.32 Å². The van der Waals surface area contributed by atoms with E-state index in [-0.39, 0.29) is 12.1 Å². The van der Waals surface area contributed by atoms with Crippen LogP contribution < -0.4 is 5.32 Å². The minimum absolute atomic E-state index is 0.0881. The third-order valence-electron chi connectivity index (χ3n) is 2.65. The van der Waals surface area contributed by atoms with Crippen LogP contribution in [-0.4, -0.2) is 5.91 Å². The normalized spacial score (nSPS) is 10.4. The molecule has 0 aliphatic rings. The lowest BCUT2D eigenvalue weighted by molar-refractivity contribution is 0.0946. The summed E-state index contributed by atoms with van der Waals surface area (Å²) in [4.78, 5) is 11.8. The molecular weight excluding hydrogens is 307 g/mol. The first-order chi connectivity index (χ1) is 9.49. The van der Waals surface area contributed by atoms with E-state index in [9.17, 15) is 13.6 Å². The second kappa shape index (κ2) is 6.20. The zero-order valence-corrected chi connectivity index (χ0v) is 11.6. The molecule has 0 saturated heterocycles. The molecule has 1 amide bonds. The molecule has 0 saturated carbocycles. The van der Waals surface area contributed by atoms with Crippen molar-refractivity contribution in [2.24, 2.45) is 0 Å². The Morgan fingerprint density at radius 2 is 1.90 bits per heavy atom. The lowest BCUT2D eigenvalue weighted by Gasteiger charge is -2.08. The molecule has 0 aromatic heterocycles. The van der Waals surface area contributed by atoms with Crippen LogP contribution in [0.5, 0.6) is 0 Å². The maximum atomic E-state index is 13.4. The number of hydrogen-bond acceptors (Lipinski definition) is 1. The minimum atomic E-state index is -1.17. The van der Waals surface area contributed by atoms with Gasteiger partial charge in [0.05, 0.1) is 5.56 Å². The van der Waals surface area contributed by atoms with Gasteiger partial charge in [0.15, 0.2) is 11.6 Å². The number of rotatable bonds is 3. The van der Waals surface area contributed by atoms with Crippen molar-refractivity contribution in [3.63, 3.8) is 0 Å². The van der Waals surface area contributed by atoms with Crippen LogP contribution in [0.15, 0.2) is 36.4 Å². The number of carbonyl (C=O) groups excluding carboxylic acids is 1. The Morgan fingerprint density at radius 1 is 1.15 bits per heavy atom. The average molecular weight is 316 g/mol. The molecular formula is C14H9Cl2F2NO. The van der Waals surface area contributed by atoms with E-state index in [2.05, 4.69) is 5.32 Å². The summed E-state index contributed by atoms with van der Waals surface area (Å²) in [5, 5.41) is 3.33. The molecule has 0 fully saturated rings. The summed E-state index contributed by atoms with van der Waals surface area (Å²) < 4.78 is 26.5. The first kappa shape index (κ1) is 14.8. The van der Waals surface area contributed by atoms with Gasteiger partial charge in [0.25, 0.3) is 5.91 Å². The second-order valence-corrected chi connectivity index (χ2v) is 4.86. The number of amides is 1. The summed E-state index contributed by atoms with van der Waals surface area (Å²) in [6.45, 7) is 0.0881. The lowest BCUT2D eigenvalue weighted by atomic mass is 10.1. The van der Waals surface area contributed by atoms with Gasteiger partial charge in [-0.15, -0.1) is 0 Å². The van der Waals surface area contributed by atoms with E-state index in [1.165, 1.54) is 18.2 Å². The largest absolute Gasteiger partial charge is 0.348 e. The third-order valence-corrected chi connectivity index (χ3v) is 3.24. The molecule has 0 aliphatic carbocycles. The molecule has 0 bridgehead atoms. The predicted octanol–water partition coefficient (Wildman–Crippen LogP) is 4.20. The first-order valence-corrected chi connectivity index (χ1v) is 6.41. The molecule has 0 heterocycles. The van der Waals surface area contributed by atoms with Gasteiger partial charge in [0.2, 0.25) is 0 Å². The van der Waals surface area contributed by atoms with Gasteiger partial charge in [-0.2, -0.15) is 0 Å². The Morgan fingerprint density at radius 3 is 2.60 bits per heavy atom. The molecule has 2 nitrogen and oxygen atoms in total. The van der Waals surface area contributed by atoms with Crippen LogP contribution >= 0.6 is 23.2 Å². The Hall–Kier alpha value is -1.65. The fraction of sp³-hybridized carbons (Fsp3) is 0.0714. The number of carbonyl (C=O) groups is 1. The maximum absolute atomic E-state index is 13.4. The molecule has 6 heteroatoms. The van der Waals surface area contributed by atoms with Crippen molar-refractivity contribution in [1.82, 2.24) is 5.32 Å². The number of halogens is 4. The minimum Gasteiger partial charge on any atom is -0.348 e. The van der Waals surface area contributed by atoms with Crippen molar-refractivity contribution in [3.8, 4) is 0 Å². The van der Waals surface area contributed by atoms with Crippen LogP contribution in [0, 0.1) is 11.6 Å². The van der Waals surface area contributed by atoms with E-state index in [0.29, 0.717) is 15.6 Å². The van der Waals surface area contributed by atoms with Crippen molar-refractivity contribution in [2.75, 3.05) is 0 Å². The SMILES string of the molecule is O=C(NCc1ccc(Cl)cc1Cl)c1cccc(F)c1F. The smallest absolute Gasteiger partial charge is 0.254 e. The predicted molar refractivity (Wildman–Crippen MR) is 74.0 cm³/mol. The Labute approximate surface area is 124 Å². The van der Waals surface area contributed by atoms with Crippen LogP contribution in [0.25, 0.3) is 0 Å². The van der Waals surface area contributed by atoms with Crippen LogP contribution in [0.4, 0.5) is 8.78 Å². The average Bonchev–Trinajstić information content (AvgIpc) is 2.40. The molecule has 2 rings (SSSR count). The summed E-state index contributed by atoms with van der Waals surface area (Å²) in [7, 11) is 0. The van der Waals surface area contributed by atoms with Gasteiger partial charge in [0.1, 0.15) is 0 Å². The van der Waals surface area contributed by atoms with Crippen LogP contribution in [0.2, 0.25) is 10.0 Å². The quantitative estimate of drug-likeness (QED) is 0.903. The number of nitrogens with one attached hydrogen (secondary N) is 1. The molecule has 0 unspecified atom stereocenters. The van der Waals surface area contributed by atoms with Crippen molar-refractivity contribution in [2.45, 2.75) is 6.54 Å². The topological polar surface area (TPSA) is 29.1 Å². The molecule has 104 valence electrons. The standard InChI is InChI=1S/C14H9Cl2F2NO/c15-9-5-4-8(11(16)6-9)7-19-14(20)10-2-1-3-12(17)13(10)18/h1-6H,7H2,(H,19,20). The maximum Gasteiger partial charge on any atom is 0.254 e. The highest BCUT2D eigenvalue weighted by atomic mass is 35.5. The molecule has 0 radical (unpaired) electrons. The molecule has 2 aromatic rings. The summed E-state index contributed by atoms with van der Waals surface area (Å²) in [6, 6.07) is 8.22. The molecule has 0 spiro atoms. The van der Waals surface area contributed by atoms with Crippen LogP contribution in [0.3, 0.4) is 0 Å². The lowest BCUT2D eigenvalue weighted by Crippen LogP contribution is -2.24. The van der Waals surface area contributed by atoms with Crippen molar-refractivity contribution in [3.05, 3.63) is 69.2 Å². The van der Waals surface area contributed by atoms with E-state index in [1.54, 1.807) is 12.1 Å². The first-order valence-electron chi connectivity index (χ1n) is 5.65. The van der Waals surface area contributed by atoms with Gasteiger partial charge in [-0.3, -0.25) is 4.79 Å². The van der Waals surface area contributed by atoms with Crippen molar-refractivity contribution in [1.29, 1.82) is 0 Å². The Balaban J connectivity index is 2.11. The van der Waals surface area contributed by atoms with Gasteiger partial charge in [0, 0.05) is 16.6 Å². The van der Waals surface area contributed by atoms with Crippen molar-refractivity contribution < 1.29 is 13.6 Å². The number of benzene rings is 2. The second-order valence-electron chi connectivity index (χ2n) is 4.02. The highest BCUT2D eigenvalue weighted by Gasteiger charge is 2.15. The van der Waals surface area contributed by atoms with E-state index in [1.807, 2.05) is 0 Å². The Bertz CT molecular complexity index is 662. The summed E-state index contributed by atoms with van der Waals surface area (Å²) >= 11 is 11.7. The fourth-order valence-electron chi connectivity index (χ4n) is 1.61. The van der Waals surface area contributed by atoms with Gasteiger partial charge in [-0.1, -0.05) is 35.3 Å². The van der Waals surface area contributed by atoms with Gasteiger partial charge in [-0.05, 0) is 29.8 Å². The van der Waals surface area contributed by atoms with E-state index in [0.717, 1.165) is 6.07 Å². The summed E-state index contributed by atoms with van der Waals surface area (Å²) in [6.07, 6.45) is 0. The summed E-state index contributed by atoms with van der Waals surface area (Å²) in [5.74, 6) is -2.96. The monoisotopic (exact) mass is 315 g/mol. The van der Waals surface area contributed by atoms with Crippen LogP contribution in [0.1, 0.15) is 15.9 Å². The third kappa shape index (κ3) is 3.26. The fourth-order valence-corrected chi connectivity index (χ4v) is 2.09. The molecule has 2 aromatic carbocycles. The highest BCUT2D eigenvalue weighted by Crippen LogP contribution is 2.21. The van der Waals surface area contributed by atoms with Crippen molar-refractivity contribution >= 4 is 29.1 Å². The molecule has 1 N–H and O–H groups in total. The zero-order valence-electron chi connectivity index (χ0n) is 10.1. The Kier molecular flexibility index (Phi) is 4.57. The van der Waals surface area contributed by atoms with E-state index in [4.69, 9.17) is 23.2 Å².